The number of anilines is 2. The molecule has 8 heteroatoms. The first kappa shape index (κ1) is 13.2. The van der Waals surface area contributed by atoms with Crippen molar-refractivity contribution in [1.82, 2.24) is 15.2 Å². The molecule has 2 N–H and O–H groups in total. The Balaban J connectivity index is 2.41. The largest absolute Gasteiger partial charge is 0.495 e. The summed E-state index contributed by atoms with van der Waals surface area (Å²) >= 11 is 5.99. The third-order valence-corrected chi connectivity index (χ3v) is 2.60. The minimum atomic E-state index is -0.551. The summed E-state index contributed by atoms with van der Waals surface area (Å²) in [6.45, 7) is 0. The van der Waals surface area contributed by atoms with Crippen LogP contribution in [0.15, 0.2) is 23.1 Å². The molecule has 0 aliphatic heterocycles. The van der Waals surface area contributed by atoms with Crippen molar-refractivity contribution in [3.05, 3.63) is 33.8 Å². The van der Waals surface area contributed by atoms with Gasteiger partial charge in [0.1, 0.15) is 11.5 Å². The monoisotopic (exact) mass is 282 g/mol. The van der Waals surface area contributed by atoms with Crippen molar-refractivity contribution in [2.24, 2.45) is 0 Å². The van der Waals surface area contributed by atoms with Gasteiger partial charge in [-0.3, -0.25) is 0 Å². The van der Waals surface area contributed by atoms with Crippen LogP contribution < -0.4 is 20.5 Å². The van der Waals surface area contributed by atoms with Crippen LogP contribution in [0.4, 0.5) is 11.5 Å². The number of nitrogens with zero attached hydrogens (tertiary/aromatic N) is 2. The lowest BCUT2D eigenvalue weighted by Crippen LogP contribution is -2.13. The van der Waals surface area contributed by atoms with Gasteiger partial charge in [0, 0.05) is 12.1 Å². The lowest BCUT2D eigenvalue weighted by molar-refractivity contribution is 0.405. The third-order valence-electron chi connectivity index (χ3n) is 2.31. The predicted octanol–water partition coefficient (Wildman–Crippen LogP) is 1.58. The number of nitrogens with one attached hydrogen (secondary N) is 2. The second-order valence-electron chi connectivity index (χ2n) is 3.48. The molecule has 1 aromatic heterocycles. The summed E-state index contributed by atoms with van der Waals surface area (Å²) in [7, 11) is 3.01. The lowest BCUT2D eigenvalue weighted by atomic mass is 10.2. The molecule has 0 spiro atoms. The van der Waals surface area contributed by atoms with Crippen LogP contribution in [-0.4, -0.2) is 29.4 Å². The molecule has 0 saturated heterocycles. The number of ether oxygens (including phenoxy) is 2. The van der Waals surface area contributed by atoms with E-state index in [9.17, 15) is 4.79 Å². The predicted molar refractivity (Wildman–Crippen MR) is 70.5 cm³/mol. The van der Waals surface area contributed by atoms with Crippen molar-refractivity contribution < 1.29 is 9.47 Å². The van der Waals surface area contributed by atoms with E-state index < -0.39 is 5.69 Å². The molecular weight excluding hydrogens is 272 g/mol. The van der Waals surface area contributed by atoms with Gasteiger partial charge in [0.2, 0.25) is 0 Å². The minimum Gasteiger partial charge on any atom is -0.495 e. The van der Waals surface area contributed by atoms with Crippen molar-refractivity contribution in [3.8, 4) is 11.5 Å². The maximum Gasteiger partial charge on any atom is 0.363 e. The number of H-pyrrole nitrogens is 1. The summed E-state index contributed by atoms with van der Waals surface area (Å²) in [6, 6.07) is 3.24. The van der Waals surface area contributed by atoms with Gasteiger partial charge >= 0.3 is 5.69 Å². The van der Waals surface area contributed by atoms with E-state index in [1.165, 1.54) is 20.4 Å². The van der Waals surface area contributed by atoms with Gasteiger partial charge in [-0.1, -0.05) is 11.6 Å². The highest BCUT2D eigenvalue weighted by Gasteiger charge is 2.10. The number of aromatic nitrogens is 3. The Labute approximate surface area is 113 Å². The number of methoxy groups -OCH3 is 2. The standard InChI is InChI=1S/C11H11ClN4O3/c1-18-8-4-7(9(19-2)3-6(8)12)14-10-5-13-16-11(17)15-10/h3-5H,1-2H3,(H2,14,15,16,17). The van der Waals surface area contributed by atoms with Gasteiger partial charge in [-0.15, -0.1) is 0 Å². The average molecular weight is 283 g/mol. The maximum absolute atomic E-state index is 11.1. The summed E-state index contributed by atoms with van der Waals surface area (Å²) in [4.78, 5) is 14.8. The fraction of sp³-hybridized carbons (Fsp3) is 0.182. The molecule has 0 amide bonds. The Morgan fingerprint density at radius 3 is 2.63 bits per heavy atom. The second-order valence-corrected chi connectivity index (χ2v) is 3.89. The zero-order valence-electron chi connectivity index (χ0n) is 10.2. The van der Waals surface area contributed by atoms with Crippen LogP contribution in [0.1, 0.15) is 0 Å². The normalized spacial score (nSPS) is 10.1. The van der Waals surface area contributed by atoms with Crippen molar-refractivity contribution in [1.29, 1.82) is 0 Å². The first-order valence-electron chi connectivity index (χ1n) is 5.24. The van der Waals surface area contributed by atoms with E-state index in [4.69, 9.17) is 21.1 Å². The average Bonchev–Trinajstić information content (AvgIpc) is 2.40. The van der Waals surface area contributed by atoms with Gasteiger partial charge in [-0.2, -0.15) is 10.1 Å². The van der Waals surface area contributed by atoms with Crippen LogP contribution in [0.3, 0.4) is 0 Å². The fourth-order valence-electron chi connectivity index (χ4n) is 1.47. The molecule has 1 aromatic carbocycles. The quantitative estimate of drug-likeness (QED) is 0.885. The number of halogens is 1. The highest BCUT2D eigenvalue weighted by molar-refractivity contribution is 6.32. The van der Waals surface area contributed by atoms with E-state index in [1.54, 1.807) is 12.1 Å². The van der Waals surface area contributed by atoms with Gasteiger partial charge in [-0.05, 0) is 0 Å². The molecule has 7 nitrogen and oxygen atoms in total. The molecule has 2 aromatic rings. The van der Waals surface area contributed by atoms with Crippen molar-refractivity contribution in [2.75, 3.05) is 19.5 Å². The van der Waals surface area contributed by atoms with Gasteiger partial charge in [-0.25, -0.2) is 9.89 Å². The van der Waals surface area contributed by atoms with E-state index >= 15 is 0 Å². The first-order chi connectivity index (χ1) is 9.13. The Hall–Kier alpha value is -2.28. The molecule has 0 aliphatic rings. The summed E-state index contributed by atoms with van der Waals surface area (Å²) in [5.41, 5.74) is 0.00791. The Kier molecular flexibility index (Phi) is 3.86. The van der Waals surface area contributed by atoms with Crippen molar-refractivity contribution in [2.45, 2.75) is 0 Å². The van der Waals surface area contributed by atoms with Crippen molar-refractivity contribution >= 4 is 23.1 Å². The topological polar surface area (TPSA) is 89.1 Å². The molecular formula is C11H11ClN4O3. The smallest absolute Gasteiger partial charge is 0.363 e. The Bertz CT molecular complexity index is 644. The van der Waals surface area contributed by atoms with E-state index in [0.29, 0.717) is 22.2 Å². The number of hydrogen-bond donors (Lipinski definition) is 2. The fourth-order valence-corrected chi connectivity index (χ4v) is 1.70. The number of benzene rings is 1. The number of aromatic amines is 1. The van der Waals surface area contributed by atoms with Gasteiger partial charge < -0.3 is 14.8 Å². The van der Waals surface area contributed by atoms with Crippen LogP contribution >= 0.6 is 11.6 Å². The zero-order valence-corrected chi connectivity index (χ0v) is 11.0. The highest BCUT2D eigenvalue weighted by atomic mass is 35.5. The zero-order chi connectivity index (χ0) is 13.8. The number of rotatable bonds is 4. The molecule has 19 heavy (non-hydrogen) atoms. The van der Waals surface area contributed by atoms with Crippen LogP contribution in [0, 0.1) is 0 Å². The second kappa shape index (κ2) is 5.57. The van der Waals surface area contributed by atoms with Gasteiger partial charge in [0.15, 0.2) is 5.82 Å². The van der Waals surface area contributed by atoms with Crippen LogP contribution in [0.2, 0.25) is 5.02 Å². The van der Waals surface area contributed by atoms with Crippen LogP contribution in [0.25, 0.3) is 0 Å². The minimum absolute atomic E-state index is 0.284. The SMILES string of the molecule is COc1cc(Nc2cn[nH]c(=O)n2)c(OC)cc1Cl. The summed E-state index contributed by atoms with van der Waals surface area (Å²) in [5, 5.41) is 9.15. The summed E-state index contributed by atoms with van der Waals surface area (Å²) in [5.74, 6) is 1.25. The molecule has 0 atom stereocenters. The van der Waals surface area contributed by atoms with E-state index in [-0.39, 0.29) is 5.82 Å². The van der Waals surface area contributed by atoms with Gasteiger partial charge in [0.05, 0.1) is 31.1 Å². The molecule has 0 radical (unpaired) electrons. The van der Waals surface area contributed by atoms with Crippen LogP contribution in [0.5, 0.6) is 11.5 Å². The third kappa shape index (κ3) is 2.94. The van der Waals surface area contributed by atoms with E-state index in [1.807, 2.05) is 0 Å². The lowest BCUT2D eigenvalue weighted by Gasteiger charge is -2.12. The number of hydrogen-bond acceptors (Lipinski definition) is 6. The van der Waals surface area contributed by atoms with Gasteiger partial charge in [0.25, 0.3) is 0 Å². The molecule has 0 fully saturated rings. The Morgan fingerprint density at radius 2 is 2.00 bits per heavy atom. The molecule has 0 unspecified atom stereocenters. The Morgan fingerprint density at radius 1 is 1.26 bits per heavy atom. The van der Waals surface area contributed by atoms with Crippen LogP contribution in [-0.2, 0) is 0 Å². The molecule has 0 bridgehead atoms. The summed E-state index contributed by atoms with van der Waals surface area (Å²) in [6.07, 6.45) is 1.38. The van der Waals surface area contributed by atoms with E-state index in [0.717, 1.165) is 0 Å². The molecule has 1 heterocycles. The highest BCUT2D eigenvalue weighted by Crippen LogP contribution is 2.36. The summed E-state index contributed by atoms with van der Waals surface area (Å²) < 4.78 is 10.3. The van der Waals surface area contributed by atoms with E-state index in [2.05, 4.69) is 20.5 Å². The first-order valence-corrected chi connectivity index (χ1v) is 5.62. The molecule has 0 saturated carbocycles. The molecule has 100 valence electrons. The molecule has 2 rings (SSSR count). The molecule has 0 aliphatic carbocycles. The maximum atomic E-state index is 11.1. The van der Waals surface area contributed by atoms with Crippen molar-refractivity contribution in [3.63, 3.8) is 0 Å².